The lowest BCUT2D eigenvalue weighted by molar-refractivity contribution is 0.529. The van der Waals surface area contributed by atoms with Crippen molar-refractivity contribution in [3.8, 4) is 0 Å². The third-order valence-corrected chi connectivity index (χ3v) is 2.93. The van der Waals surface area contributed by atoms with Gasteiger partial charge < -0.3 is 5.73 Å². The first kappa shape index (κ1) is 11.0. The van der Waals surface area contributed by atoms with E-state index in [1.54, 1.807) is 13.0 Å². The van der Waals surface area contributed by atoms with Gasteiger partial charge in [0.2, 0.25) is 0 Å². The summed E-state index contributed by atoms with van der Waals surface area (Å²) in [7, 11) is 0. The smallest absolute Gasteiger partial charge is 0.128 e. The normalized spacial score (nSPS) is 13.3. The van der Waals surface area contributed by atoms with Gasteiger partial charge in [0.15, 0.2) is 0 Å². The summed E-state index contributed by atoms with van der Waals surface area (Å²) in [5.41, 5.74) is 7.80. The van der Waals surface area contributed by atoms with Crippen molar-refractivity contribution in [3.63, 3.8) is 0 Å². The van der Waals surface area contributed by atoms with Crippen LogP contribution in [0, 0.1) is 18.7 Å². The van der Waals surface area contributed by atoms with Gasteiger partial charge >= 0.3 is 0 Å². The maximum atomic E-state index is 13.4. The summed E-state index contributed by atoms with van der Waals surface area (Å²) >= 11 is 0. The van der Waals surface area contributed by atoms with Gasteiger partial charge in [-0.3, -0.25) is 0 Å². The van der Waals surface area contributed by atoms with Crippen LogP contribution in [-0.2, 0) is 0 Å². The number of nitrogen functional groups attached to an aromatic ring is 1. The van der Waals surface area contributed by atoms with Crippen molar-refractivity contribution < 1.29 is 4.39 Å². The van der Waals surface area contributed by atoms with E-state index in [-0.39, 0.29) is 5.82 Å². The molecule has 1 nitrogen and oxygen atoms in total. The SMILES string of the molecule is Cc1c(N)cc(C(C)C(C)C)cc1F. The highest BCUT2D eigenvalue weighted by Crippen LogP contribution is 2.27. The summed E-state index contributed by atoms with van der Waals surface area (Å²) in [5.74, 6) is 0.636. The molecule has 0 amide bonds. The van der Waals surface area contributed by atoms with Gasteiger partial charge in [0.25, 0.3) is 0 Å². The number of rotatable bonds is 2. The third-order valence-electron chi connectivity index (χ3n) is 2.93. The summed E-state index contributed by atoms with van der Waals surface area (Å²) in [6.45, 7) is 8.04. The van der Waals surface area contributed by atoms with E-state index in [2.05, 4.69) is 20.8 Å². The number of nitrogens with two attached hydrogens (primary N) is 1. The first-order chi connectivity index (χ1) is 6.43. The van der Waals surface area contributed by atoms with Gasteiger partial charge in [0.05, 0.1) is 0 Å². The van der Waals surface area contributed by atoms with E-state index in [0.717, 1.165) is 5.56 Å². The predicted molar refractivity (Wildman–Crippen MR) is 58.8 cm³/mol. The quantitative estimate of drug-likeness (QED) is 0.718. The lowest BCUT2D eigenvalue weighted by Gasteiger charge is -2.17. The van der Waals surface area contributed by atoms with Gasteiger partial charge in [-0.2, -0.15) is 0 Å². The molecule has 0 spiro atoms. The topological polar surface area (TPSA) is 26.0 Å². The maximum Gasteiger partial charge on any atom is 0.128 e. The Balaban J connectivity index is 3.12. The molecule has 1 aromatic rings. The largest absolute Gasteiger partial charge is 0.398 e. The van der Waals surface area contributed by atoms with E-state index in [9.17, 15) is 4.39 Å². The summed E-state index contributed by atoms with van der Waals surface area (Å²) in [6, 6.07) is 3.47. The van der Waals surface area contributed by atoms with Crippen LogP contribution in [0.1, 0.15) is 37.8 Å². The first-order valence-electron chi connectivity index (χ1n) is 4.99. The van der Waals surface area contributed by atoms with E-state index in [1.165, 1.54) is 0 Å². The van der Waals surface area contributed by atoms with E-state index < -0.39 is 0 Å². The van der Waals surface area contributed by atoms with Crippen LogP contribution in [-0.4, -0.2) is 0 Å². The summed E-state index contributed by atoms with van der Waals surface area (Å²) in [6.07, 6.45) is 0. The van der Waals surface area contributed by atoms with Crippen LogP contribution in [0.15, 0.2) is 12.1 Å². The molecule has 0 aliphatic rings. The predicted octanol–water partition coefficient (Wildman–Crippen LogP) is 3.48. The number of hydrogen-bond donors (Lipinski definition) is 1. The molecule has 78 valence electrons. The second-order valence-electron chi connectivity index (χ2n) is 4.25. The molecule has 0 aliphatic heterocycles. The Morgan fingerprint density at radius 2 is 1.79 bits per heavy atom. The third kappa shape index (κ3) is 2.06. The van der Waals surface area contributed by atoms with Crippen LogP contribution in [0.3, 0.4) is 0 Å². The molecule has 0 radical (unpaired) electrons. The van der Waals surface area contributed by atoms with Gasteiger partial charge in [0.1, 0.15) is 5.82 Å². The highest BCUT2D eigenvalue weighted by molar-refractivity contribution is 5.49. The van der Waals surface area contributed by atoms with Crippen molar-refractivity contribution >= 4 is 5.69 Å². The Kier molecular flexibility index (Phi) is 3.14. The fourth-order valence-corrected chi connectivity index (χ4v) is 1.37. The molecule has 1 aromatic carbocycles. The van der Waals surface area contributed by atoms with Crippen LogP contribution in [0.5, 0.6) is 0 Å². The van der Waals surface area contributed by atoms with Gasteiger partial charge in [-0.15, -0.1) is 0 Å². The van der Waals surface area contributed by atoms with Gasteiger partial charge in [-0.1, -0.05) is 20.8 Å². The average molecular weight is 195 g/mol. The number of hydrogen-bond acceptors (Lipinski definition) is 1. The van der Waals surface area contributed by atoms with E-state index in [1.807, 2.05) is 6.07 Å². The zero-order valence-corrected chi connectivity index (χ0v) is 9.26. The van der Waals surface area contributed by atoms with E-state index >= 15 is 0 Å². The first-order valence-corrected chi connectivity index (χ1v) is 4.99. The fraction of sp³-hybridized carbons (Fsp3) is 0.500. The van der Waals surface area contributed by atoms with Crippen molar-refractivity contribution in [2.24, 2.45) is 5.92 Å². The molecule has 0 aromatic heterocycles. The molecular formula is C12H18FN. The molecule has 0 bridgehead atoms. The number of benzene rings is 1. The Morgan fingerprint density at radius 3 is 2.21 bits per heavy atom. The molecule has 2 N–H and O–H groups in total. The van der Waals surface area contributed by atoms with Gasteiger partial charge in [-0.05, 0) is 36.5 Å². The lowest BCUT2D eigenvalue weighted by Crippen LogP contribution is -2.04. The maximum absolute atomic E-state index is 13.4. The van der Waals surface area contributed by atoms with Crippen LogP contribution in [0.4, 0.5) is 10.1 Å². The van der Waals surface area contributed by atoms with E-state index in [4.69, 9.17) is 5.73 Å². The van der Waals surface area contributed by atoms with Crippen molar-refractivity contribution in [1.82, 2.24) is 0 Å². The molecule has 2 heteroatoms. The second-order valence-corrected chi connectivity index (χ2v) is 4.25. The molecule has 1 rings (SSSR count). The second kappa shape index (κ2) is 3.99. The van der Waals surface area contributed by atoms with Gasteiger partial charge in [-0.25, -0.2) is 4.39 Å². The van der Waals surface area contributed by atoms with Crippen LogP contribution < -0.4 is 5.73 Å². The van der Waals surface area contributed by atoms with Gasteiger partial charge in [0, 0.05) is 11.3 Å². The summed E-state index contributed by atoms with van der Waals surface area (Å²) < 4.78 is 13.4. The summed E-state index contributed by atoms with van der Waals surface area (Å²) in [4.78, 5) is 0. The Morgan fingerprint density at radius 1 is 1.21 bits per heavy atom. The average Bonchev–Trinajstić information content (AvgIpc) is 2.12. The summed E-state index contributed by atoms with van der Waals surface area (Å²) in [5, 5.41) is 0. The molecule has 14 heavy (non-hydrogen) atoms. The number of anilines is 1. The molecule has 0 fully saturated rings. The minimum Gasteiger partial charge on any atom is -0.398 e. The Labute approximate surface area is 85.1 Å². The molecule has 0 saturated heterocycles. The van der Waals surface area contributed by atoms with Crippen LogP contribution in [0.2, 0.25) is 0 Å². The highest BCUT2D eigenvalue weighted by atomic mass is 19.1. The Bertz CT molecular complexity index is 308. The molecule has 1 unspecified atom stereocenters. The van der Waals surface area contributed by atoms with Crippen molar-refractivity contribution in [1.29, 1.82) is 0 Å². The van der Waals surface area contributed by atoms with Crippen molar-refractivity contribution in [2.75, 3.05) is 5.73 Å². The minimum absolute atomic E-state index is 0.201. The van der Waals surface area contributed by atoms with Crippen LogP contribution >= 0.6 is 0 Å². The lowest BCUT2D eigenvalue weighted by atomic mass is 9.89. The molecule has 0 saturated carbocycles. The van der Waals surface area contributed by atoms with Crippen molar-refractivity contribution in [2.45, 2.75) is 33.6 Å². The fourth-order valence-electron chi connectivity index (χ4n) is 1.37. The zero-order valence-electron chi connectivity index (χ0n) is 9.26. The van der Waals surface area contributed by atoms with E-state index in [0.29, 0.717) is 23.1 Å². The monoisotopic (exact) mass is 195 g/mol. The zero-order chi connectivity index (χ0) is 10.9. The highest BCUT2D eigenvalue weighted by Gasteiger charge is 2.13. The molecule has 0 heterocycles. The standard InChI is InChI=1S/C12H18FN/c1-7(2)8(3)10-5-11(13)9(4)12(14)6-10/h5-8H,14H2,1-4H3. The molecular weight excluding hydrogens is 177 g/mol. The number of halogens is 1. The molecule has 1 atom stereocenters. The van der Waals surface area contributed by atoms with Crippen molar-refractivity contribution in [3.05, 3.63) is 29.1 Å². The molecule has 0 aliphatic carbocycles. The van der Waals surface area contributed by atoms with Crippen LogP contribution in [0.25, 0.3) is 0 Å². The minimum atomic E-state index is -0.201. The Hall–Kier alpha value is -1.05.